The molecule has 0 aliphatic rings. The van der Waals surface area contributed by atoms with Gasteiger partial charge in [0.2, 0.25) is 5.78 Å². The summed E-state index contributed by atoms with van der Waals surface area (Å²) in [5.41, 5.74) is 1.81. The predicted octanol–water partition coefficient (Wildman–Crippen LogP) is 3.08. The molecule has 29 heavy (non-hydrogen) atoms. The lowest BCUT2D eigenvalue weighted by atomic mass is 10.2. The fraction of sp³-hybridized carbons (Fsp3) is 0.381. The van der Waals surface area contributed by atoms with Crippen LogP contribution in [0.1, 0.15) is 37.6 Å². The van der Waals surface area contributed by atoms with E-state index >= 15 is 0 Å². The first-order valence-electron chi connectivity index (χ1n) is 9.83. The van der Waals surface area contributed by atoms with Gasteiger partial charge in [-0.1, -0.05) is 31.9 Å². The van der Waals surface area contributed by atoms with Gasteiger partial charge in [0.1, 0.15) is 5.82 Å². The largest absolute Gasteiger partial charge is 0.332 e. The van der Waals surface area contributed by atoms with E-state index in [0.29, 0.717) is 29.2 Å². The van der Waals surface area contributed by atoms with E-state index in [1.165, 1.54) is 15.2 Å². The van der Waals surface area contributed by atoms with Crippen LogP contribution < -0.4 is 11.2 Å². The molecule has 8 heteroatoms. The van der Waals surface area contributed by atoms with Crippen LogP contribution in [0.3, 0.4) is 0 Å². The molecule has 4 rings (SSSR count). The lowest BCUT2D eigenvalue weighted by Crippen LogP contribution is -2.39. The number of aromatic nitrogens is 5. The van der Waals surface area contributed by atoms with Crippen LogP contribution in [-0.2, 0) is 13.6 Å². The van der Waals surface area contributed by atoms with Gasteiger partial charge >= 0.3 is 5.69 Å². The molecule has 0 fully saturated rings. The number of unbranched alkanes of at least 4 members (excludes halogenated alkanes) is 2. The Balaban J connectivity index is 2.10. The molecule has 0 atom stereocenters. The van der Waals surface area contributed by atoms with Crippen molar-refractivity contribution < 1.29 is 4.39 Å². The molecule has 0 saturated carbocycles. The van der Waals surface area contributed by atoms with Crippen LogP contribution in [0.4, 0.5) is 4.39 Å². The van der Waals surface area contributed by atoms with Crippen molar-refractivity contribution in [2.24, 2.45) is 7.05 Å². The molecule has 7 nitrogen and oxygen atoms in total. The van der Waals surface area contributed by atoms with Gasteiger partial charge < -0.3 is 0 Å². The van der Waals surface area contributed by atoms with Crippen molar-refractivity contribution in [3.8, 4) is 5.69 Å². The van der Waals surface area contributed by atoms with E-state index in [9.17, 15) is 14.0 Å². The van der Waals surface area contributed by atoms with E-state index in [4.69, 9.17) is 0 Å². The Bertz CT molecular complexity index is 1360. The maximum atomic E-state index is 14.5. The molecule has 1 aromatic carbocycles. The molecule has 4 aromatic rings. The van der Waals surface area contributed by atoms with Gasteiger partial charge in [-0.05, 0) is 32.4 Å². The van der Waals surface area contributed by atoms with Crippen LogP contribution >= 0.6 is 0 Å². The first-order chi connectivity index (χ1) is 13.9. The molecule has 0 unspecified atom stereocenters. The molecule has 0 aliphatic carbocycles. The quantitative estimate of drug-likeness (QED) is 0.486. The van der Waals surface area contributed by atoms with Crippen LogP contribution in [0.15, 0.2) is 33.9 Å². The second-order valence-electron chi connectivity index (χ2n) is 7.38. The Hall–Kier alpha value is -3.16. The van der Waals surface area contributed by atoms with Crippen molar-refractivity contribution in [3.05, 3.63) is 62.3 Å². The number of nitrogens with zero attached hydrogens (tertiary/aromatic N) is 5. The van der Waals surface area contributed by atoms with Gasteiger partial charge in [0, 0.05) is 25.0 Å². The Morgan fingerprint density at radius 1 is 1.07 bits per heavy atom. The number of para-hydroxylation sites is 1. The smallest absolute Gasteiger partial charge is 0.280 e. The summed E-state index contributed by atoms with van der Waals surface area (Å²) in [6.45, 7) is 6.17. The van der Waals surface area contributed by atoms with Crippen molar-refractivity contribution >= 4 is 16.9 Å². The highest BCUT2D eigenvalue weighted by atomic mass is 19.1. The average molecular weight is 397 g/mol. The number of halogens is 1. The summed E-state index contributed by atoms with van der Waals surface area (Å²) in [7, 11) is 1.61. The number of rotatable bonds is 5. The van der Waals surface area contributed by atoms with Crippen LogP contribution in [0.5, 0.6) is 0 Å². The minimum Gasteiger partial charge on any atom is -0.280 e. The molecule has 0 spiro atoms. The minimum absolute atomic E-state index is 0.301. The van der Waals surface area contributed by atoms with Gasteiger partial charge in [0.25, 0.3) is 5.56 Å². The second kappa shape index (κ2) is 7.02. The third-order valence-electron chi connectivity index (χ3n) is 5.60. The van der Waals surface area contributed by atoms with E-state index < -0.39 is 0 Å². The maximum Gasteiger partial charge on any atom is 0.332 e. The van der Waals surface area contributed by atoms with Crippen LogP contribution in [0.25, 0.3) is 22.6 Å². The molecule has 152 valence electrons. The number of aryl methyl sites for hydroxylation is 2. The number of benzene rings is 1. The Kier molecular flexibility index (Phi) is 4.64. The summed E-state index contributed by atoms with van der Waals surface area (Å²) in [5.74, 6) is 0.0320. The van der Waals surface area contributed by atoms with Crippen molar-refractivity contribution in [3.63, 3.8) is 0 Å². The van der Waals surface area contributed by atoms with Gasteiger partial charge in [-0.3, -0.25) is 22.9 Å². The molecular formula is C21H24FN5O2. The number of fused-ring (bicyclic) bond motifs is 3. The molecule has 0 saturated heterocycles. The fourth-order valence-corrected chi connectivity index (χ4v) is 3.89. The molecular weight excluding hydrogens is 373 g/mol. The van der Waals surface area contributed by atoms with E-state index in [0.717, 1.165) is 30.7 Å². The third-order valence-corrected chi connectivity index (χ3v) is 5.60. The van der Waals surface area contributed by atoms with Gasteiger partial charge in [0.15, 0.2) is 11.2 Å². The number of imidazole rings is 2. The number of hydrogen-bond donors (Lipinski definition) is 0. The molecule has 0 N–H and O–H groups in total. The fourth-order valence-electron chi connectivity index (χ4n) is 3.89. The van der Waals surface area contributed by atoms with E-state index in [2.05, 4.69) is 11.9 Å². The second-order valence-corrected chi connectivity index (χ2v) is 7.38. The van der Waals surface area contributed by atoms with Crippen molar-refractivity contribution in [2.75, 3.05) is 0 Å². The number of hydrogen-bond acceptors (Lipinski definition) is 3. The van der Waals surface area contributed by atoms with Gasteiger partial charge in [-0.15, -0.1) is 0 Å². The molecule has 3 heterocycles. The van der Waals surface area contributed by atoms with Gasteiger partial charge in [-0.2, -0.15) is 4.98 Å². The monoisotopic (exact) mass is 397 g/mol. The minimum atomic E-state index is -0.383. The van der Waals surface area contributed by atoms with E-state index in [-0.39, 0.29) is 17.1 Å². The highest BCUT2D eigenvalue weighted by Crippen LogP contribution is 2.25. The highest BCUT2D eigenvalue weighted by molar-refractivity contribution is 5.77. The lowest BCUT2D eigenvalue weighted by Gasteiger charge is -2.08. The van der Waals surface area contributed by atoms with Gasteiger partial charge in [-0.25, -0.2) is 9.18 Å². The van der Waals surface area contributed by atoms with Crippen LogP contribution in [0, 0.1) is 19.7 Å². The Morgan fingerprint density at radius 3 is 2.48 bits per heavy atom. The summed E-state index contributed by atoms with van der Waals surface area (Å²) >= 11 is 0. The molecule has 0 amide bonds. The zero-order valence-corrected chi connectivity index (χ0v) is 17.1. The van der Waals surface area contributed by atoms with Crippen LogP contribution in [-0.4, -0.2) is 23.1 Å². The lowest BCUT2D eigenvalue weighted by molar-refractivity contribution is 0.550. The summed E-state index contributed by atoms with van der Waals surface area (Å²) in [4.78, 5) is 30.6. The first-order valence-corrected chi connectivity index (χ1v) is 9.83. The molecule has 0 radical (unpaired) electrons. The highest BCUT2D eigenvalue weighted by Gasteiger charge is 2.23. The van der Waals surface area contributed by atoms with Gasteiger partial charge in [0.05, 0.1) is 5.69 Å². The zero-order valence-electron chi connectivity index (χ0n) is 17.1. The maximum absolute atomic E-state index is 14.5. The predicted molar refractivity (Wildman–Crippen MR) is 110 cm³/mol. The molecule has 0 bridgehead atoms. The van der Waals surface area contributed by atoms with Crippen molar-refractivity contribution in [1.82, 2.24) is 23.1 Å². The summed E-state index contributed by atoms with van der Waals surface area (Å²) in [5, 5.41) is 0. The normalized spacial score (nSPS) is 11.8. The van der Waals surface area contributed by atoms with Crippen molar-refractivity contribution in [2.45, 2.75) is 46.6 Å². The summed E-state index contributed by atoms with van der Waals surface area (Å²) in [6.07, 6.45) is 2.70. The standard InChI is InChI=1S/C21H24FN5O2/c1-5-6-9-12-25-19(28)17-18(24(4)21(25)29)23-20-26(13(2)14(3)27(17)20)16-11-8-7-10-15(16)22/h7-8,10-11H,5-6,9,12H2,1-4H3. The third kappa shape index (κ3) is 2.73. The summed E-state index contributed by atoms with van der Waals surface area (Å²) < 4.78 is 20.6. The average Bonchev–Trinajstić information content (AvgIpc) is 3.20. The van der Waals surface area contributed by atoms with Crippen molar-refractivity contribution in [1.29, 1.82) is 0 Å². The first kappa shape index (κ1) is 19.2. The molecule has 0 aliphatic heterocycles. The summed E-state index contributed by atoms with van der Waals surface area (Å²) in [6, 6.07) is 6.44. The van der Waals surface area contributed by atoms with Crippen LogP contribution in [0.2, 0.25) is 0 Å². The SMILES string of the molecule is CCCCCn1c(=O)c2c(nc3n(-c4ccccc4F)c(C)c(C)n23)n(C)c1=O. The zero-order chi connectivity index (χ0) is 20.9. The topological polar surface area (TPSA) is 66.2 Å². The van der Waals surface area contributed by atoms with E-state index in [1.54, 1.807) is 34.2 Å². The Morgan fingerprint density at radius 2 is 1.79 bits per heavy atom. The van der Waals surface area contributed by atoms with E-state index in [1.807, 2.05) is 13.8 Å². The Labute approximate surface area is 166 Å². The molecule has 3 aromatic heterocycles.